The predicted molar refractivity (Wildman–Crippen MR) is 176 cm³/mol. The van der Waals surface area contributed by atoms with Crippen molar-refractivity contribution in [3.8, 4) is 12.3 Å². The molecule has 1 saturated heterocycles. The molecule has 1 fully saturated rings. The van der Waals surface area contributed by atoms with E-state index in [1.165, 1.54) is 7.11 Å². The second-order valence-electron chi connectivity index (χ2n) is 11.5. The molecule has 0 saturated carbocycles. The summed E-state index contributed by atoms with van der Waals surface area (Å²) in [7, 11) is 1.32. The molecule has 0 bridgehead atoms. The number of esters is 2. The van der Waals surface area contributed by atoms with Crippen LogP contribution >= 0.6 is 11.6 Å². The van der Waals surface area contributed by atoms with Gasteiger partial charge >= 0.3 is 11.9 Å². The van der Waals surface area contributed by atoms with Gasteiger partial charge in [0.05, 0.1) is 42.3 Å². The number of hydrogen-bond donors (Lipinski definition) is 2. The number of nitrogens with one attached hydrogen (secondary N) is 2. The van der Waals surface area contributed by atoms with Gasteiger partial charge in [0.15, 0.2) is 0 Å². The van der Waals surface area contributed by atoms with E-state index in [0.29, 0.717) is 32.0 Å². The van der Waals surface area contributed by atoms with Crippen LogP contribution < -0.4 is 10.6 Å². The second kappa shape index (κ2) is 13.7. The Kier molecular flexibility index (Phi) is 9.79. The molecule has 5 rings (SSSR count). The average Bonchev–Trinajstić information content (AvgIpc) is 3.05. The van der Waals surface area contributed by atoms with Crippen molar-refractivity contribution >= 4 is 23.5 Å². The Labute approximate surface area is 270 Å². The molecule has 2 atom stereocenters. The van der Waals surface area contributed by atoms with Gasteiger partial charge in [0.1, 0.15) is 6.04 Å². The number of carbonyl (C=O) groups is 2. The van der Waals surface area contributed by atoms with Crippen molar-refractivity contribution in [2.45, 2.75) is 39.0 Å². The first-order valence-electron chi connectivity index (χ1n) is 15.1. The van der Waals surface area contributed by atoms with E-state index in [9.17, 15) is 9.59 Å². The Morgan fingerprint density at radius 1 is 0.889 bits per heavy atom. The molecule has 2 unspecified atom stereocenters. The first-order valence-corrected chi connectivity index (χ1v) is 15.5. The number of dihydropyridines is 1. The first kappa shape index (κ1) is 32.1. The SMILES string of the molecule is C#Cc1cccc(C2C(C(=O)OC)=C(C)NC(C)=C2C(=O)OC(C)[N+]2(C(c3ccccc3)c3ccccc3)CCNCC2)c1Cl. The van der Waals surface area contributed by atoms with Gasteiger partial charge in [-0.3, -0.25) is 4.48 Å². The van der Waals surface area contributed by atoms with Gasteiger partial charge in [-0.05, 0) is 25.5 Å². The molecule has 0 radical (unpaired) electrons. The lowest BCUT2D eigenvalue weighted by Gasteiger charge is -2.50. The molecule has 2 heterocycles. The van der Waals surface area contributed by atoms with Gasteiger partial charge in [-0.25, -0.2) is 9.59 Å². The Morgan fingerprint density at radius 3 is 1.98 bits per heavy atom. The highest BCUT2D eigenvalue weighted by Crippen LogP contribution is 2.44. The lowest BCUT2D eigenvalue weighted by molar-refractivity contribution is -0.990. The number of piperazine rings is 1. The molecule has 2 aliphatic heterocycles. The lowest BCUT2D eigenvalue weighted by Crippen LogP contribution is -2.65. The van der Waals surface area contributed by atoms with Crippen molar-refractivity contribution < 1.29 is 23.5 Å². The first-order chi connectivity index (χ1) is 21.7. The molecule has 0 amide bonds. The fraction of sp³-hybridized carbons (Fsp3) is 0.297. The highest BCUT2D eigenvalue weighted by Gasteiger charge is 2.48. The smallest absolute Gasteiger partial charge is 0.341 e. The minimum Gasteiger partial charge on any atom is -0.466 e. The maximum absolute atomic E-state index is 14.5. The number of terminal acetylenes is 1. The van der Waals surface area contributed by atoms with Crippen LogP contribution in [0.3, 0.4) is 0 Å². The standard InChI is InChI=1S/C37H38ClN3O4/c1-6-27-18-13-19-30(34(27)38)33-31(36(42)44-5)24(2)40-25(3)32(33)37(43)45-26(4)41(22-20-39-21-23-41)35(28-14-9-7-10-15-28)29-16-11-8-12-17-29/h1,7-19,26,33,35,39H,20-23H2,2-5H3/p+1. The van der Waals surface area contributed by atoms with E-state index in [-0.39, 0.29) is 17.2 Å². The predicted octanol–water partition coefficient (Wildman–Crippen LogP) is 5.83. The molecule has 2 N–H and O–H groups in total. The number of benzene rings is 3. The summed E-state index contributed by atoms with van der Waals surface area (Å²) >= 11 is 6.83. The zero-order chi connectivity index (χ0) is 32.1. The molecule has 7 nitrogen and oxygen atoms in total. The Hall–Kier alpha value is -4.35. The molecule has 0 spiro atoms. The van der Waals surface area contributed by atoms with Crippen LogP contribution in [0.4, 0.5) is 0 Å². The number of rotatable bonds is 8. The highest BCUT2D eigenvalue weighted by atomic mass is 35.5. The van der Waals surface area contributed by atoms with Crippen molar-refractivity contribution in [1.29, 1.82) is 0 Å². The molecular formula is C37H39ClN3O4+. The zero-order valence-electron chi connectivity index (χ0n) is 26.1. The Balaban J connectivity index is 1.60. The maximum Gasteiger partial charge on any atom is 0.341 e. The fourth-order valence-electron chi connectivity index (χ4n) is 6.86. The van der Waals surface area contributed by atoms with E-state index in [1.807, 2.05) is 43.3 Å². The summed E-state index contributed by atoms with van der Waals surface area (Å²) in [5.41, 5.74) is 4.98. The van der Waals surface area contributed by atoms with Crippen molar-refractivity contribution in [2.24, 2.45) is 0 Å². The van der Waals surface area contributed by atoms with Crippen molar-refractivity contribution in [2.75, 3.05) is 33.3 Å². The van der Waals surface area contributed by atoms with E-state index < -0.39 is 24.1 Å². The molecule has 0 aromatic heterocycles. The van der Waals surface area contributed by atoms with Gasteiger partial charge in [0.2, 0.25) is 6.23 Å². The van der Waals surface area contributed by atoms with Gasteiger partial charge in [-0.1, -0.05) is 90.3 Å². The number of halogens is 1. The average molecular weight is 625 g/mol. The number of methoxy groups -OCH3 is 1. The number of hydrogen-bond acceptors (Lipinski definition) is 6. The van der Waals surface area contributed by atoms with E-state index in [4.69, 9.17) is 27.5 Å². The summed E-state index contributed by atoms with van der Waals surface area (Å²) in [4.78, 5) is 27.7. The van der Waals surface area contributed by atoms with Gasteiger partial charge in [0, 0.05) is 48.1 Å². The Bertz CT molecular complexity index is 1630. The van der Waals surface area contributed by atoms with Crippen LogP contribution in [0.15, 0.2) is 101 Å². The molecule has 2 aliphatic rings. The quantitative estimate of drug-likeness (QED) is 0.187. The van der Waals surface area contributed by atoms with E-state index in [0.717, 1.165) is 37.3 Å². The van der Waals surface area contributed by atoms with Crippen molar-refractivity contribution in [3.05, 3.63) is 129 Å². The van der Waals surface area contributed by atoms with Crippen molar-refractivity contribution in [3.63, 3.8) is 0 Å². The number of quaternary nitrogens is 1. The number of nitrogens with zero attached hydrogens (tertiary/aromatic N) is 1. The van der Waals surface area contributed by atoms with Gasteiger partial charge < -0.3 is 20.1 Å². The van der Waals surface area contributed by atoms with Crippen molar-refractivity contribution in [1.82, 2.24) is 10.6 Å². The summed E-state index contributed by atoms with van der Waals surface area (Å²) in [6, 6.07) is 26.0. The highest BCUT2D eigenvalue weighted by molar-refractivity contribution is 6.32. The molecule has 45 heavy (non-hydrogen) atoms. The summed E-state index contributed by atoms with van der Waals surface area (Å²) in [6.07, 6.45) is 5.20. The Morgan fingerprint density at radius 2 is 1.44 bits per heavy atom. The minimum atomic E-state index is -0.852. The van der Waals surface area contributed by atoms with Crippen LogP contribution in [0.25, 0.3) is 0 Å². The third-order valence-electron chi connectivity index (χ3n) is 9.04. The third kappa shape index (κ3) is 6.14. The van der Waals surface area contributed by atoms with E-state index in [2.05, 4.69) is 40.8 Å². The second-order valence-corrected chi connectivity index (χ2v) is 11.9. The normalized spacial score (nSPS) is 18.6. The van der Waals surface area contributed by atoms with E-state index >= 15 is 0 Å². The van der Waals surface area contributed by atoms with Crippen LogP contribution in [-0.2, 0) is 19.1 Å². The van der Waals surface area contributed by atoms with Gasteiger partial charge in [-0.2, -0.15) is 0 Å². The molecule has 0 aliphatic carbocycles. The fourth-order valence-corrected chi connectivity index (χ4v) is 7.15. The monoisotopic (exact) mass is 624 g/mol. The van der Waals surface area contributed by atoms with Crippen LogP contribution in [-0.4, -0.2) is 55.9 Å². The summed E-state index contributed by atoms with van der Waals surface area (Å²) in [6.45, 7) is 8.57. The van der Waals surface area contributed by atoms with Crippen LogP contribution in [0.2, 0.25) is 5.02 Å². The molecule has 232 valence electrons. The summed E-state index contributed by atoms with van der Waals surface area (Å²) < 4.78 is 12.2. The van der Waals surface area contributed by atoms with Crippen LogP contribution in [0.5, 0.6) is 0 Å². The van der Waals surface area contributed by atoms with Crippen LogP contribution in [0.1, 0.15) is 55.0 Å². The summed E-state index contributed by atoms with van der Waals surface area (Å²) in [5, 5.41) is 7.00. The number of allylic oxidation sites excluding steroid dienone is 2. The van der Waals surface area contributed by atoms with Crippen LogP contribution in [0, 0.1) is 12.3 Å². The molecule has 8 heteroatoms. The molecule has 3 aromatic carbocycles. The topological polar surface area (TPSA) is 76.7 Å². The zero-order valence-corrected chi connectivity index (χ0v) is 26.9. The lowest BCUT2D eigenvalue weighted by atomic mass is 9.80. The molecule has 3 aromatic rings. The number of carbonyl (C=O) groups excluding carboxylic acids is 2. The van der Waals surface area contributed by atoms with Gasteiger partial charge in [0.25, 0.3) is 0 Å². The minimum absolute atomic E-state index is 0.0813. The largest absolute Gasteiger partial charge is 0.466 e. The maximum atomic E-state index is 14.5. The number of ether oxygens (including phenoxy) is 2. The van der Waals surface area contributed by atoms with E-state index in [1.54, 1.807) is 32.0 Å². The molecular weight excluding hydrogens is 586 g/mol. The summed E-state index contributed by atoms with van der Waals surface area (Å²) in [5.74, 6) is 0.641. The third-order valence-corrected chi connectivity index (χ3v) is 9.46. The van der Waals surface area contributed by atoms with Gasteiger partial charge in [-0.15, -0.1) is 6.42 Å².